The Balaban J connectivity index is 1.86. The van der Waals surface area contributed by atoms with E-state index in [4.69, 9.17) is 4.74 Å². The van der Waals surface area contributed by atoms with E-state index in [1.807, 2.05) is 18.2 Å². The van der Waals surface area contributed by atoms with E-state index < -0.39 is 0 Å². The maximum Gasteiger partial charge on any atom is 0.127 e. The molecule has 0 amide bonds. The minimum Gasteiger partial charge on any atom is -0.489 e. The van der Waals surface area contributed by atoms with Crippen molar-refractivity contribution in [1.29, 1.82) is 0 Å². The van der Waals surface area contributed by atoms with E-state index in [1.165, 1.54) is 11.1 Å². The molecule has 1 nitrogen and oxygen atoms in total. The predicted molar refractivity (Wildman–Crippen MR) is 70.9 cm³/mol. The highest BCUT2D eigenvalue weighted by atomic mass is 16.5. The van der Waals surface area contributed by atoms with Crippen LogP contribution in [0.2, 0.25) is 0 Å². The van der Waals surface area contributed by atoms with Crippen LogP contribution in [0.25, 0.3) is 5.57 Å². The maximum atomic E-state index is 6.10. The number of hydrogen-bond donors (Lipinski definition) is 0. The molecular weight excluding hydrogens is 208 g/mol. The summed E-state index contributed by atoms with van der Waals surface area (Å²) in [6.45, 7) is 4.18. The molecule has 0 bridgehead atoms. The van der Waals surface area contributed by atoms with Gasteiger partial charge in [0, 0.05) is 17.9 Å². The van der Waals surface area contributed by atoms with Crippen molar-refractivity contribution in [3.63, 3.8) is 0 Å². The lowest BCUT2D eigenvalue weighted by atomic mass is 9.87. The van der Waals surface area contributed by atoms with Crippen molar-refractivity contribution >= 4 is 5.57 Å². The standard InChI is InChI=1S/C16H16O/c1-12-11-16(13-7-3-2-4-8-13)17-15-10-6-5-9-14(12)15/h2-7,9-10,13,16H,1,8,11H2/t13?,16-/m0/s1. The molecule has 1 aliphatic heterocycles. The Kier molecular flexibility index (Phi) is 2.60. The molecule has 0 spiro atoms. The predicted octanol–water partition coefficient (Wildman–Crippen LogP) is 3.98. The van der Waals surface area contributed by atoms with Crippen molar-refractivity contribution in [3.05, 3.63) is 60.7 Å². The zero-order valence-corrected chi connectivity index (χ0v) is 9.80. The minimum atomic E-state index is 0.235. The summed E-state index contributed by atoms with van der Waals surface area (Å²) in [5.41, 5.74) is 2.36. The molecule has 86 valence electrons. The van der Waals surface area contributed by atoms with Gasteiger partial charge in [0.1, 0.15) is 11.9 Å². The van der Waals surface area contributed by atoms with Crippen LogP contribution in [0.5, 0.6) is 5.75 Å². The number of ether oxygens (including phenoxy) is 1. The van der Waals surface area contributed by atoms with Gasteiger partial charge in [0.15, 0.2) is 0 Å². The fourth-order valence-corrected chi connectivity index (χ4v) is 2.53. The zero-order valence-electron chi connectivity index (χ0n) is 9.80. The number of benzene rings is 1. The minimum absolute atomic E-state index is 0.235. The highest BCUT2D eigenvalue weighted by molar-refractivity contribution is 5.70. The van der Waals surface area contributed by atoms with E-state index in [0.29, 0.717) is 5.92 Å². The third-order valence-corrected chi connectivity index (χ3v) is 3.49. The number of allylic oxidation sites excluding steroid dienone is 3. The number of rotatable bonds is 1. The van der Waals surface area contributed by atoms with Crippen LogP contribution in [0.4, 0.5) is 0 Å². The molecule has 1 aromatic carbocycles. The molecule has 0 N–H and O–H groups in total. The first kappa shape index (κ1) is 10.4. The van der Waals surface area contributed by atoms with E-state index in [0.717, 1.165) is 18.6 Å². The fourth-order valence-electron chi connectivity index (χ4n) is 2.53. The molecule has 2 atom stereocenters. The van der Waals surface area contributed by atoms with Gasteiger partial charge in [-0.2, -0.15) is 0 Å². The van der Waals surface area contributed by atoms with Crippen LogP contribution >= 0.6 is 0 Å². The molecule has 1 heteroatoms. The Morgan fingerprint density at radius 2 is 2.06 bits per heavy atom. The number of fused-ring (bicyclic) bond motifs is 1. The lowest BCUT2D eigenvalue weighted by Crippen LogP contribution is -2.29. The molecule has 2 aliphatic rings. The molecule has 1 aliphatic carbocycles. The Morgan fingerprint density at radius 3 is 2.88 bits per heavy atom. The summed E-state index contributed by atoms with van der Waals surface area (Å²) in [4.78, 5) is 0. The molecule has 0 fully saturated rings. The summed E-state index contributed by atoms with van der Waals surface area (Å²) in [7, 11) is 0. The van der Waals surface area contributed by atoms with Crippen molar-refractivity contribution in [2.45, 2.75) is 18.9 Å². The summed E-state index contributed by atoms with van der Waals surface area (Å²) >= 11 is 0. The summed E-state index contributed by atoms with van der Waals surface area (Å²) in [6, 6.07) is 8.18. The van der Waals surface area contributed by atoms with Gasteiger partial charge >= 0.3 is 0 Å². The molecular formula is C16H16O. The quantitative estimate of drug-likeness (QED) is 0.701. The highest BCUT2D eigenvalue weighted by Gasteiger charge is 2.27. The van der Waals surface area contributed by atoms with Gasteiger partial charge in [-0.05, 0) is 18.1 Å². The second kappa shape index (κ2) is 4.25. The van der Waals surface area contributed by atoms with Crippen molar-refractivity contribution in [2.24, 2.45) is 5.92 Å². The van der Waals surface area contributed by atoms with E-state index in [9.17, 15) is 0 Å². The van der Waals surface area contributed by atoms with Gasteiger partial charge in [0.05, 0.1) is 0 Å². The van der Waals surface area contributed by atoms with E-state index >= 15 is 0 Å². The Hall–Kier alpha value is -1.76. The summed E-state index contributed by atoms with van der Waals surface area (Å²) in [6.07, 6.45) is 10.9. The Labute approximate surface area is 102 Å². The molecule has 0 saturated carbocycles. The smallest absolute Gasteiger partial charge is 0.127 e. The van der Waals surface area contributed by atoms with Crippen molar-refractivity contribution in [1.82, 2.24) is 0 Å². The van der Waals surface area contributed by atoms with Gasteiger partial charge in [-0.15, -0.1) is 0 Å². The topological polar surface area (TPSA) is 9.23 Å². The average Bonchev–Trinajstić information content (AvgIpc) is 2.40. The SMILES string of the molecule is C=C1C[C@@H](C2C=CC=CC2)Oc2ccccc21. The molecule has 1 heterocycles. The summed E-state index contributed by atoms with van der Waals surface area (Å²) < 4.78 is 6.10. The van der Waals surface area contributed by atoms with Crippen LogP contribution in [0, 0.1) is 5.92 Å². The van der Waals surface area contributed by atoms with Gasteiger partial charge in [0.25, 0.3) is 0 Å². The molecule has 1 aromatic rings. The molecule has 3 rings (SSSR count). The monoisotopic (exact) mass is 224 g/mol. The second-order valence-corrected chi connectivity index (χ2v) is 4.67. The fraction of sp³-hybridized carbons (Fsp3) is 0.250. The molecule has 17 heavy (non-hydrogen) atoms. The Bertz CT molecular complexity index is 496. The van der Waals surface area contributed by atoms with Crippen molar-refractivity contribution in [3.8, 4) is 5.75 Å². The molecule has 1 unspecified atom stereocenters. The van der Waals surface area contributed by atoms with Crippen LogP contribution in [0.3, 0.4) is 0 Å². The second-order valence-electron chi connectivity index (χ2n) is 4.67. The van der Waals surface area contributed by atoms with Gasteiger partial charge in [0.2, 0.25) is 0 Å². The van der Waals surface area contributed by atoms with E-state index in [-0.39, 0.29) is 6.10 Å². The third-order valence-electron chi connectivity index (χ3n) is 3.49. The van der Waals surface area contributed by atoms with Crippen LogP contribution in [0.15, 0.2) is 55.1 Å². The van der Waals surface area contributed by atoms with Crippen LogP contribution in [-0.4, -0.2) is 6.10 Å². The molecule has 0 saturated heterocycles. The van der Waals surface area contributed by atoms with Crippen molar-refractivity contribution in [2.75, 3.05) is 0 Å². The van der Waals surface area contributed by atoms with Crippen LogP contribution in [0.1, 0.15) is 18.4 Å². The van der Waals surface area contributed by atoms with Gasteiger partial charge < -0.3 is 4.74 Å². The average molecular weight is 224 g/mol. The highest BCUT2D eigenvalue weighted by Crippen LogP contribution is 2.37. The van der Waals surface area contributed by atoms with Crippen molar-refractivity contribution < 1.29 is 4.74 Å². The zero-order chi connectivity index (χ0) is 11.7. The first-order valence-corrected chi connectivity index (χ1v) is 6.12. The maximum absolute atomic E-state index is 6.10. The first-order valence-electron chi connectivity index (χ1n) is 6.12. The van der Waals surface area contributed by atoms with Crippen LogP contribution in [-0.2, 0) is 0 Å². The first-order chi connectivity index (χ1) is 8.34. The normalized spacial score (nSPS) is 26.5. The third kappa shape index (κ3) is 1.93. The number of hydrogen-bond acceptors (Lipinski definition) is 1. The number of para-hydroxylation sites is 1. The lowest BCUT2D eigenvalue weighted by molar-refractivity contribution is 0.154. The van der Waals surface area contributed by atoms with Gasteiger partial charge in [-0.1, -0.05) is 49.1 Å². The molecule has 0 radical (unpaired) electrons. The van der Waals surface area contributed by atoms with Gasteiger partial charge in [-0.25, -0.2) is 0 Å². The van der Waals surface area contributed by atoms with E-state index in [1.54, 1.807) is 0 Å². The summed E-state index contributed by atoms with van der Waals surface area (Å²) in [5, 5.41) is 0. The van der Waals surface area contributed by atoms with E-state index in [2.05, 4.69) is 36.9 Å². The Morgan fingerprint density at radius 1 is 1.18 bits per heavy atom. The summed E-state index contributed by atoms with van der Waals surface area (Å²) in [5.74, 6) is 1.46. The van der Waals surface area contributed by atoms with Gasteiger partial charge in [-0.3, -0.25) is 0 Å². The lowest BCUT2D eigenvalue weighted by Gasteiger charge is -2.32. The largest absolute Gasteiger partial charge is 0.489 e. The van der Waals surface area contributed by atoms with Crippen LogP contribution < -0.4 is 4.74 Å². The molecule has 0 aromatic heterocycles.